The third-order valence-electron chi connectivity index (χ3n) is 0. The molecule has 0 aromatic carbocycles. The quantitative estimate of drug-likeness (QED) is 0.357. The van der Waals surface area contributed by atoms with E-state index in [-0.39, 0.29) is 23.9 Å². The van der Waals surface area contributed by atoms with Crippen molar-refractivity contribution in [1.82, 2.24) is 0 Å². The van der Waals surface area contributed by atoms with Crippen LogP contribution in [-0.4, -0.2) is 27.3 Å². The number of rotatable bonds is 0. The summed E-state index contributed by atoms with van der Waals surface area (Å²) in [6.07, 6.45) is 0. The second-order valence-electron chi connectivity index (χ2n) is 0.201. The van der Waals surface area contributed by atoms with Crippen LogP contribution < -0.4 is 27.9 Å². The molecule has 5 heteroatoms. The maximum Gasteiger partial charge on any atom is 0.503 e. The van der Waals surface area contributed by atoms with E-state index in [1.165, 1.54) is 0 Å². The summed E-state index contributed by atoms with van der Waals surface area (Å²) in [5.74, 6) is 0. The molecule has 0 fully saturated rings. The van der Waals surface area contributed by atoms with Gasteiger partial charge in [0.1, 0.15) is 0 Å². The summed E-state index contributed by atoms with van der Waals surface area (Å²) in [6, 6.07) is 0. The fourth-order valence-electron chi connectivity index (χ4n) is 0. The van der Waals surface area contributed by atoms with E-state index in [9.17, 15) is 0 Å². The number of hydrogen-bond donors (Lipinski definition) is 1. The van der Waals surface area contributed by atoms with E-state index in [1.54, 1.807) is 0 Å². The molecule has 0 saturated heterocycles. The molecule has 3 nitrogen and oxygen atoms in total. The molecule has 4 radical (unpaired) electrons. The second kappa shape index (κ2) is 5.41. The van der Waals surface area contributed by atoms with Crippen molar-refractivity contribution >= 4 is 23.9 Å². The molecule has 0 aliphatic carbocycles. The van der Waals surface area contributed by atoms with Crippen molar-refractivity contribution in [2.45, 2.75) is 0 Å². The first-order chi connectivity index (χ1) is 1.73. The summed E-state index contributed by atoms with van der Waals surface area (Å²) in [4.78, 5) is 0. The molecule has 1 N–H and O–H groups in total. The third-order valence-corrected chi connectivity index (χ3v) is 0. The Kier molecular flexibility index (Phi) is 10.4. The molecule has 0 rings (SSSR count). The van der Waals surface area contributed by atoms with Crippen molar-refractivity contribution < 1.29 is 31.4 Å². The van der Waals surface area contributed by atoms with Gasteiger partial charge in [0.2, 0.25) is 0 Å². The molecule has 0 saturated carbocycles. The van der Waals surface area contributed by atoms with E-state index < -0.39 is 21.1 Å². The normalized spacial score (nSPS) is 7.20. The van der Waals surface area contributed by atoms with E-state index in [1.807, 2.05) is 0 Å². The molecular formula is HIO3Sn. The van der Waals surface area contributed by atoms with Crippen molar-refractivity contribution in [3.8, 4) is 0 Å². The van der Waals surface area contributed by atoms with Gasteiger partial charge in [-0.15, -0.1) is 0 Å². The topological polar surface area (TPSA) is 66.3 Å². The van der Waals surface area contributed by atoms with E-state index in [0.717, 1.165) is 0 Å². The van der Waals surface area contributed by atoms with Crippen molar-refractivity contribution in [2.24, 2.45) is 0 Å². The van der Waals surface area contributed by atoms with Gasteiger partial charge in [0.15, 0.2) is 0 Å². The molecule has 30 valence electrons. The largest absolute Gasteiger partial charge is 0.503 e. The number of halogens is 1. The smallest absolute Gasteiger partial charge is 0.396 e. The Morgan fingerprint density at radius 2 is 1.40 bits per heavy atom. The first-order valence-electron chi connectivity index (χ1n) is 0.478. The Morgan fingerprint density at radius 1 is 1.40 bits per heavy atom. The molecule has 5 heavy (non-hydrogen) atoms. The summed E-state index contributed by atoms with van der Waals surface area (Å²) in [7, 11) is 0. The van der Waals surface area contributed by atoms with Crippen molar-refractivity contribution in [1.29, 1.82) is 0 Å². The molecule has 0 aromatic rings. The van der Waals surface area contributed by atoms with Crippen LogP contribution in [0.1, 0.15) is 0 Å². The summed E-state index contributed by atoms with van der Waals surface area (Å²) in [5.41, 5.74) is 0. The average molecular weight is 295 g/mol. The Balaban J connectivity index is 0. The maximum atomic E-state index is 8.68. The van der Waals surface area contributed by atoms with Crippen LogP contribution in [0.25, 0.3) is 0 Å². The second-order valence-corrected chi connectivity index (χ2v) is 1.35. The standard InChI is InChI=1S/HIO3.Sn/c2-1(3)4;/h2H;. The van der Waals surface area contributed by atoms with Gasteiger partial charge in [0.05, 0.1) is 0 Å². The maximum absolute atomic E-state index is 8.68. The summed E-state index contributed by atoms with van der Waals surface area (Å²) < 4.78 is 24.5. The van der Waals surface area contributed by atoms with Gasteiger partial charge in [-0.05, 0) is 3.44 Å². The first-order valence-corrected chi connectivity index (χ1v) is 3.20. The molecule has 0 heterocycles. The van der Waals surface area contributed by atoms with Gasteiger partial charge in [-0.25, -0.2) is 0 Å². The van der Waals surface area contributed by atoms with Gasteiger partial charge in [-0.1, -0.05) is 0 Å². The third kappa shape index (κ3) is 31.7. The summed E-state index contributed by atoms with van der Waals surface area (Å²) in [5, 5.41) is 0. The van der Waals surface area contributed by atoms with Crippen LogP contribution in [-0.2, 0) is 0 Å². The van der Waals surface area contributed by atoms with Crippen molar-refractivity contribution in [3.05, 3.63) is 0 Å². The fraction of sp³-hybridized carbons (Fsp3) is 0. The molecule has 0 aliphatic heterocycles. The molecule has 0 spiro atoms. The molecule has 0 unspecified atom stereocenters. The Bertz CT molecular complexity index is 11.6. The van der Waals surface area contributed by atoms with Crippen molar-refractivity contribution in [3.63, 3.8) is 0 Å². The zero-order valence-corrected chi connectivity index (χ0v) is 7.15. The monoisotopic (exact) mass is 296 g/mol. The van der Waals surface area contributed by atoms with Crippen molar-refractivity contribution in [2.75, 3.05) is 0 Å². The molecular weight excluding hydrogens is 294 g/mol. The number of hydrogen-bond acceptors (Lipinski definition) is 3. The van der Waals surface area contributed by atoms with Gasteiger partial charge in [-0.3, -0.25) is 0 Å². The molecule has 0 bridgehead atoms. The van der Waals surface area contributed by atoms with E-state index >= 15 is 0 Å². The first kappa shape index (κ1) is 9.65. The molecule has 0 aromatic heterocycles. The van der Waals surface area contributed by atoms with Crippen LogP contribution in [0.3, 0.4) is 0 Å². The van der Waals surface area contributed by atoms with Gasteiger partial charge < -0.3 is 6.87 Å². The summed E-state index contributed by atoms with van der Waals surface area (Å²) >= 11 is -3.76. The molecule has 0 atom stereocenters. The molecule has 0 amide bonds. The van der Waals surface area contributed by atoms with Gasteiger partial charge in [0.25, 0.3) is 0 Å². The van der Waals surface area contributed by atoms with E-state index in [4.69, 9.17) is 10.3 Å². The Hall–Kier alpha value is 1.41. The fourth-order valence-corrected chi connectivity index (χ4v) is 0. The Morgan fingerprint density at radius 3 is 1.40 bits per heavy atom. The zero-order valence-electron chi connectivity index (χ0n) is 2.14. The molecule has 0 aliphatic rings. The minimum atomic E-state index is -3.76. The zero-order chi connectivity index (χ0) is 3.58. The van der Waals surface area contributed by atoms with Crippen LogP contribution in [0.15, 0.2) is 0 Å². The van der Waals surface area contributed by atoms with Gasteiger partial charge >= 0.3 is 21.1 Å². The van der Waals surface area contributed by atoms with Crippen LogP contribution >= 0.6 is 0 Å². The van der Waals surface area contributed by atoms with Gasteiger partial charge in [-0.2, -0.15) is 0 Å². The van der Waals surface area contributed by atoms with E-state index in [0.29, 0.717) is 0 Å². The summed E-state index contributed by atoms with van der Waals surface area (Å²) in [6.45, 7) is 0. The van der Waals surface area contributed by atoms with Crippen LogP contribution in [0.4, 0.5) is 0 Å². The van der Waals surface area contributed by atoms with Crippen LogP contribution in [0.2, 0.25) is 0 Å². The minimum Gasteiger partial charge on any atom is -0.396 e. The predicted molar refractivity (Wildman–Crippen MR) is 7.97 cm³/mol. The SMILES string of the molecule is [O-][I+2]([O-])O.[Sn]. The van der Waals surface area contributed by atoms with Crippen LogP contribution in [0, 0.1) is 0 Å². The average Bonchev–Trinajstić information content (AvgIpc) is 0.811. The van der Waals surface area contributed by atoms with Gasteiger partial charge in [0, 0.05) is 23.9 Å². The van der Waals surface area contributed by atoms with Crippen LogP contribution in [0.5, 0.6) is 0 Å². The minimum absolute atomic E-state index is 0. The predicted octanol–water partition coefficient (Wildman–Crippen LogP) is -6.31. The van der Waals surface area contributed by atoms with E-state index in [2.05, 4.69) is 0 Å². The Labute approximate surface area is 55.0 Å².